The molecule has 0 aliphatic heterocycles. The Hall–Kier alpha value is -4.18. The minimum absolute atomic E-state index is 0.381. The first-order valence-corrected chi connectivity index (χ1v) is 9.15. The van der Waals surface area contributed by atoms with Gasteiger partial charge in [0, 0.05) is 0 Å². The summed E-state index contributed by atoms with van der Waals surface area (Å²) >= 11 is 0. The number of aliphatic hydroxyl groups is 1. The molecule has 0 aromatic heterocycles. The van der Waals surface area contributed by atoms with Crippen LogP contribution in [-0.2, 0) is 4.79 Å². The number of nitrogens with zero attached hydrogens (tertiary/aromatic N) is 1. The molecule has 2 rings (SSSR count). The van der Waals surface area contributed by atoms with Crippen molar-refractivity contribution < 1.29 is 28.8 Å². The molecule has 0 amide bonds. The zero-order valence-electron chi connectivity index (χ0n) is 17.7. The monoisotopic (exact) mass is 421 g/mol. The number of aliphatic hydroxyl groups excluding tert-OH is 1. The van der Waals surface area contributed by atoms with E-state index in [1.165, 1.54) is 46.7 Å². The minimum Gasteiger partial charge on any atom is -0.506 e. The molecule has 0 atom stereocenters. The summed E-state index contributed by atoms with van der Waals surface area (Å²) in [6.07, 6.45) is 5.56. The lowest BCUT2D eigenvalue weighted by molar-refractivity contribution is -0.111. The number of benzene rings is 2. The van der Waals surface area contributed by atoms with E-state index >= 15 is 0 Å². The minimum atomic E-state index is -0.633. The van der Waals surface area contributed by atoms with E-state index in [1.54, 1.807) is 48.5 Å². The van der Waals surface area contributed by atoms with Crippen LogP contribution in [0.2, 0.25) is 0 Å². The number of nitriles is 1. The summed E-state index contributed by atoms with van der Waals surface area (Å²) in [5, 5.41) is 19.6. The van der Waals surface area contributed by atoms with Crippen molar-refractivity contribution in [2.45, 2.75) is 0 Å². The second kappa shape index (κ2) is 11.1. The highest BCUT2D eigenvalue weighted by atomic mass is 16.5. The van der Waals surface area contributed by atoms with E-state index < -0.39 is 11.5 Å². The smallest absolute Gasteiger partial charge is 0.200 e. The third-order valence-electron chi connectivity index (χ3n) is 4.29. The molecule has 7 heteroatoms. The van der Waals surface area contributed by atoms with E-state index in [9.17, 15) is 15.2 Å². The summed E-state index contributed by atoms with van der Waals surface area (Å²) in [6, 6.07) is 12.0. The summed E-state index contributed by atoms with van der Waals surface area (Å²) < 4.78 is 20.8. The molecule has 0 fully saturated rings. The number of carbonyl (C=O) groups is 1. The maximum Gasteiger partial charge on any atom is 0.200 e. The molecular weight excluding hydrogens is 398 g/mol. The lowest BCUT2D eigenvalue weighted by atomic mass is 10.1. The molecule has 0 spiro atoms. The van der Waals surface area contributed by atoms with Crippen LogP contribution in [0.3, 0.4) is 0 Å². The molecule has 0 radical (unpaired) electrons. The van der Waals surface area contributed by atoms with Crippen LogP contribution in [0, 0.1) is 11.3 Å². The molecule has 160 valence electrons. The Morgan fingerprint density at radius 3 is 1.68 bits per heavy atom. The molecule has 7 nitrogen and oxygen atoms in total. The predicted molar refractivity (Wildman–Crippen MR) is 117 cm³/mol. The van der Waals surface area contributed by atoms with E-state index in [2.05, 4.69) is 0 Å². The molecular formula is C24H23NO6. The summed E-state index contributed by atoms with van der Waals surface area (Å²) in [7, 11) is 6.08. The summed E-state index contributed by atoms with van der Waals surface area (Å²) in [5.74, 6) is 1.07. The van der Waals surface area contributed by atoms with Gasteiger partial charge in [-0.2, -0.15) is 5.26 Å². The van der Waals surface area contributed by atoms with Crippen molar-refractivity contribution in [2.24, 2.45) is 0 Å². The number of carbonyl (C=O) groups excluding carboxylic acids is 1. The molecule has 1 N–H and O–H groups in total. The summed E-state index contributed by atoms with van der Waals surface area (Å²) in [4.78, 5) is 12.4. The van der Waals surface area contributed by atoms with Crippen molar-refractivity contribution in [3.05, 3.63) is 71.0 Å². The van der Waals surface area contributed by atoms with Crippen LogP contribution in [0.5, 0.6) is 23.0 Å². The van der Waals surface area contributed by atoms with Gasteiger partial charge >= 0.3 is 0 Å². The molecule has 0 saturated heterocycles. The Bertz CT molecular complexity index is 1080. The topological polar surface area (TPSA) is 98.0 Å². The Balaban J connectivity index is 2.23. The normalized spacial score (nSPS) is 11.7. The Kier molecular flexibility index (Phi) is 8.29. The van der Waals surface area contributed by atoms with Crippen molar-refractivity contribution >= 4 is 17.9 Å². The van der Waals surface area contributed by atoms with Gasteiger partial charge in [-0.05, 0) is 47.5 Å². The van der Waals surface area contributed by atoms with Crippen molar-refractivity contribution in [2.75, 3.05) is 28.4 Å². The highest BCUT2D eigenvalue weighted by Gasteiger charge is 2.11. The Labute approximate surface area is 181 Å². The fourth-order valence-electron chi connectivity index (χ4n) is 2.67. The van der Waals surface area contributed by atoms with Crippen LogP contribution in [0.4, 0.5) is 0 Å². The van der Waals surface area contributed by atoms with Gasteiger partial charge in [-0.3, -0.25) is 4.79 Å². The lowest BCUT2D eigenvalue weighted by Gasteiger charge is -2.07. The predicted octanol–water partition coefficient (Wildman–Crippen LogP) is 4.35. The molecule has 0 heterocycles. The SMILES string of the molecule is COc1ccc(/C=C/C(=O)/C(C#N)=C(O)/C=C/c2ccc(OC)c(OC)c2)cc1OC. The van der Waals surface area contributed by atoms with Crippen LogP contribution >= 0.6 is 0 Å². The largest absolute Gasteiger partial charge is 0.506 e. The molecule has 31 heavy (non-hydrogen) atoms. The van der Waals surface area contributed by atoms with E-state index in [0.717, 1.165) is 0 Å². The van der Waals surface area contributed by atoms with Gasteiger partial charge in [-0.25, -0.2) is 0 Å². The fourth-order valence-corrected chi connectivity index (χ4v) is 2.67. The number of methoxy groups -OCH3 is 4. The van der Waals surface area contributed by atoms with Gasteiger partial charge < -0.3 is 24.1 Å². The fraction of sp³-hybridized carbons (Fsp3) is 0.167. The van der Waals surface area contributed by atoms with Crippen LogP contribution in [0.1, 0.15) is 11.1 Å². The second-order valence-electron chi connectivity index (χ2n) is 6.13. The third kappa shape index (κ3) is 5.90. The van der Waals surface area contributed by atoms with Gasteiger partial charge in [-0.1, -0.05) is 24.3 Å². The average Bonchev–Trinajstić information content (AvgIpc) is 2.81. The van der Waals surface area contributed by atoms with Gasteiger partial charge in [0.05, 0.1) is 28.4 Å². The van der Waals surface area contributed by atoms with Crippen molar-refractivity contribution in [3.8, 4) is 29.1 Å². The molecule has 0 aliphatic carbocycles. The quantitative estimate of drug-likeness (QED) is 0.278. The highest BCUT2D eigenvalue weighted by molar-refractivity contribution is 6.09. The molecule has 2 aromatic carbocycles. The van der Waals surface area contributed by atoms with Crippen LogP contribution in [0.15, 0.2) is 59.9 Å². The van der Waals surface area contributed by atoms with Crippen LogP contribution in [-0.4, -0.2) is 39.3 Å². The van der Waals surface area contributed by atoms with Crippen molar-refractivity contribution in [1.82, 2.24) is 0 Å². The molecule has 0 unspecified atom stereocenters. The molecule has 2 aromatic rings. The second-order valence-corrected chi connectivity index (χ2v) is 6.13. The summed E-state index contributed by atoms with van der Waals surface area (Å²) in [5.41, 5.74) is 0.979. The standard InChI is InChI=1S/C24H23NO6/c1-28-21-11-7-16(13-23(21)30-3)5-9-19(26)18(15-25)20(27)10-6-17-8-12-22(29-2)24(14-17)31-4/h5-14,26H,1-4H3/b9-5+,10-6+,19-18-. The molecule has 0 saturated carbocycles. The van der Waals surface area contributed by atoms with Crippen molar-refractivity contribution in [3.63, 3.8) is 0 Å². The van der Waals surface area contributed by atoms with Gasteiger partial charge in [-0.15, -0.1) is 0 Å². The van der Waals surface area contributed by atoms with Crippen LogP contribution < -0.4 is 18.9 Å². The Morgan fingerprint density at radius 2 is 1.26 bits per heavy atom. The van der Waals surface area contributed by atoms with Gasteiger partial charge in [0.15, 0.2) is 28.8 Å². The zero-order valence-corrected chi connectivity index (χ0v) is 17.7. The van der Waals surface area contributed by atoms with E-state index in [0.29, 0.717) is 34.1 Å². The van der Waals surface area contributed by atoms with E-state index in [4.69, 9.17) is 18.9 Å². The van der Waals surface area contributed by atoms with Gasteiger partial charge in [0.2, 0.25) is 0 Å². The number of ketones is 1. The number of ether oxygens (including phenoxy) is 4. The Morgan fingerprint density at radius 1 is 0.806 bits per heavy atom. The number of allylic oxidation sites excluding steroid dienone is 3. The van der Waals surface area contributed by atoms with E-state index in [1.807, 2.05) is 0 Å². The van der Waals surface area contributed by atoms with E-state index in [-0.39, 0.29) is 5.57 Å². The van der Waals surface area contributed by atoms with Gasteiger partial charge in [0.1, 0.15) is 17.4 Å². The van der Waals surface area contributed by atoms with Gasteiger partial charge in [0.25, 0.3) is 0 Å². The molecule has 0 bridgehead atoms. The maximum absolute atomic E-state index is 12.4. The number of rotatable bonds is 9. The first kappa shape index (κ1) is 23.1. The number of hydrogen-bond donors (Lipinski definition) is 1. The third-order valence-corrected chi connectivity index (χ3v) is 4.29. The highest BCUT2D eigenvalue weighted by Crippen LogP contribution is 2.29. The lowest BCUT2D eigenvalue weighted by Crippen LogP contribution is -2.00. The first-order valence-electron chi connectivity index (χ1n) is 9.15. The number of hydrogen-bond acceptors (Lipinski definition) is 7. The van der Waals surface area contributed by atoms with Crippen molar-refractivity contribution in [1.29, 1.82) is 5.26 Å². The average molecular weight is 421 g/mol. The maximum atomic E-state index is 12.4. The first-order chi connectivity index (χ1) is 15.0. The summed E-state index contributed by atoms with van der Waals surface area (Å²) in [6.45, 7) is 0. The zero-order chi connectivity index (χ0) is 22.8. The van der Waals surface area contributed by atoms with Crippen LogP contribution in [0.25, 0.3) is 12.2 Å². The molecule has 0 aliphatic rings.